The van der Waals surface area contributed by atoms with E-state index in [0.29, 0.717) is 11.4 Å². The number of aryl methyl sites for hydroxylation is 2. The highest BCUT2D eigenvalue weighted by Crippen LogP contribution is 2.29. The van der Waals surface area contributed by atoms with Crippen LogP contribution < -0.4 is 5.30 Å². The largest absolute Gasteiger partial charge is 0.508 e. The maximum atomic E-state index is 11.0. The summed E-state index contributed by atoms with van der Waals surface area (Å²) in [7, 11) is 0.981. The van der Waals surface area contributed by atoms with Crippen LogP contribution in [0.25, 0.3) is 28.7 Å². The van der Waals surface area contributed by atoms with Gasteiger partial charge < -0.3 is 24.4 Å². The summed E-state index contributed by atoms with van der Waals surface area (Å²) in [5.41, 5.74) is 5.64. The van der Waals surface area contributed by atoms with E-state index in [0.717, 1.165) is 72.0 Å². The number of rotatable bonds is 7. The number of aromatic nitrogens is 1. The molecular formula is C39H54NO5P. The van der Waals surface area contributed by atoms with E-state index < -0.39 is 0 Å². The number of ether oxygens (including phenoxy) is 1. The van der Waals surface area contributed by atoms with E-state index in [1.165, 1.54) is 24.6 Å². The summed E-state index contributed by atoms with van der Waals surface area (Å²) in [6.07, 6.45) is 10.2. The van der Waals surface area contributed by atoms with Crippen LogP contribution in [0.15, 0.2) is 83.8 Å². The Morgan fingerprint density at radius 3 is 2.00 bits per heavy atom. The lowest BCUT2D eigenvalue weighted by Crippen LogP contribution is -2.14. The second-order valence-electron chi connectivity index (χ2n) is 10.6. The number of furan rings is 1. The predicted octanol–water partition coefficient (Wildman–Crippen LogP) is 9.79. The van der Waals surface area contributed by atoms with Gasteiger partial charge in [0.15, 0.2) is 6.29 Å². The minimum atomic E-state index is -0.0191. The molecule has 0 amide bonds. The Morgan fingerprint density at radius 2 is 1.52 bits per heavy atom. The molecule has 0 bridgehead atoms. The van der Waals surface area contributed by atoms with Gasteiger partial charge in [0.1, 0.15) is 17.3 Å². The molecule has 1 saturated heterocycles. The van der Waals surface area contributed by atoms with Crippen molar-refractivity contribution in [1.29, 1.82) is 0 Å². The van der Waals surface area contributed by atoms with E-state index in [9.17, 15) is 4.79 Å². The Labute approximate surface area is 278 Å². The lowest BCUT2D eigenvalue weighted by molar-refractivity contribution is 0.0654. The number of phenolic OH excluding ortho intramolecular Hbond substituents is 1. The van der Waals surface area contributed by atoms with Crippen molar-refractivity contribution in [2.45, 2.75) is 53.9 Å². The van der Waals surface area contributed by atoms with Gasteiger partial charge in [0.25, 0.3) is 0 Å². The van der Waals surface area contributed by atoms with Crippen molar-refractivity contribution in [1.82, 2.24) is 4.98 Å². The lowest BCUT2D eigenvalue weighted by atomic mass is 9.98. The first-order chi connectivity index (χ1) is 22.2. The molecular weight excluding hydrogens is 593 g/mol. The number of hydrogen-bond acceptors (Lipinski definition) is 5. The van der Waals surface area contributed by atoms with Crippen LogP contribution in [0.2, 0.25) is 0 Å². The van der Waals surface area contributed by atoms with Crippen molar-refractivity contribution in [3.63, 3.8) is 0 Å². The smallest absolute Gasteiger partial charge is 0.166 e. The molecule has 6 nitrogen and oxygen atoms in total. The van der Waals surface area contributed by atoms with Crippen LogP contribution in [0.4, 0.5) is 0 Å². The van der Waals surface area contributed by atoms with Gasteiger partial charge in [-0.05, 0) is 98.3 Å². The van der Waals surface area contributed by atoms with E-state index in [1.54, 1.807) is 18.2 Å². The van der Waals surface area contributed by atoms with Crippen molar-refractivity contribution >= 4 is 25.6 Å². The molecule has 250 valence electrons. The summed E-state index contributed by atoms with van der Waals surface area (Å²) in [6, 6.07) is 19.5. The van der Waals surface area contributed by atoms with Crippen LogP contribution in [-0.2, 0) is 4.74 Å². The van der Waals surface area contributed by atoms with E-state index in [4.69, 9.17) is 19.4 Å². The van der Waals surface area contributed by atoms with Gasteiger partial charge in [0, 0.05) is 31.6 Å². The zero-order valence-corrected chi connectivity index (χ0v) is 29.9. The standard InChI is InChI=1S/C21H19NO2.C8H11OP.C7H14O.C2H6.CH4O/c1-4-5-6-20-15(3)12-21(24-20)17-9-7-16(8-10-17)18-11-14(2)19(13-23)22-18;1-10(2)8-5-3-7(9)4-6-8;1-2-7-3-5-8-6-4-7;2*1-2/h4-13,22H,1H2,2-3H3;3-6,9H,1-2H3;7H,2-6H2,1H3;1-2H3;2H,1H3/b6-5-;;;;. The van der Waals surface area contributed by atoms with Gasteiger partial charge in [-0.1, -0.05) is 90.2 Å². The van der Waals surface area contributed by atoms with Crippen LogP contribution in [-0.4, -0.2) is 55.1 Å². The SMILES string of the molecule is C=C/C=C\c1oc(-c2ccc(-c3cc(C)c(C=O)[nH]3)cc2)cc1C.CC.CCC1CCOCC1.CO.CP(C)c1ccc(O)cc1. The molecule has 3 N–H and O–H groups in total. The number of aromatic amines is 1. The molecule has 1 aliphatic rings. The summed E-state index contributed by atoms with van der Waals surface area (Å²) in [5.74, 6) is 2.98. The maximum Gasteiger partial charge on any atom is 0.166 e. The van der Waals surface area contributed by atoms with Crippen LogP contribution >= 0.6 is 7.92 Å². The van der Waals surface area contributed by atoms with Crippen molar-refractivity contribution in [2.75, 3.05) is 33.7 Å². The molecule has 2 aromatic heterocycles. The number of hydrogen-bond donors (Lipinski definition) is 3. The van der Waals surface area contributed by atoms with E-state index in [-0.39, 0.29) is 7.92 Å². The Bertz CT molecular complexity index is 1430. The molecule has 3 heterocycles. The quantitative estimate of drug-likeness (QED) is 0.105. The summed E-state index contributed by atoms with van der Waals surface area (Å²) >= 11 is 0. The lowest BCUT2D eigenvalue weighted by Gasteiger charge is -2.19. The van der Waals surface area contributed by atoms with Gasteiger partial charge >= 0.3 is 0 Å². The zero-order valence-electron chi connectivity index (χ0n) is 29.0. The number of phenols is 1. The molecule has 0 saturated carbocycles. The number of allylic oxidation sites excluding steroid dienone is 2. The van der Waals surface area contributed by atoms with Gasteiger partial charge in [-0.25, -0.2) is 0 Å². The van der Waals surface area contributed by atoms with E-state index in [1.807, 2.05) is 88.4 Å². The first kappa shape index (κ1) is 40.3. The fourth-order valence-corrected chi connectivity index (χ4v) is 5.28. The van der Waals surface area contributed by atoms with Crippen LogP contribution in [0.5, 0.6) is 5.75 Å². The molecule has 0 radical (unpaired) electrons. The summed E-state index contributed by atoms with van der Waals surface area (Å²) in [4.78, 5) is 14.1. The Balaban J connectivity index is 0.000000395. The number of aldehydes is 1. The molecule has 0 unspecified atom stereocenters. The molecule has 0 atom stereocenters. The number of benzene rings is 2. The van der Waals surface area contributed by atoms with Crippen LogP contribution in [0, 0.1) is 19.8 Å². The number of nitrogens with one attached hydrogen (secondary N) is 1. The van der Waals surface area contributed by atoms with Crippen molar-refractivity contribution < 1.29 is 24.2 Å². The Hall–Kier alpha value is -3.70. The highest BCUT2D eigenvalue weighted by molar-refractivity contribution is 7.64. The third-order valence-electron chi connectivity index (χ3n) is 7.28. The van der Waals surface area contributed by atoms with Crippen molar-refractivity contribution in [2.24, 2.45) is 5.92 Å². The third-order valence-corrected chi connectivity index (χ3v) is 8.61. The Kier molecular flexibility index (Phi) is 19.9. The number of aliphatic hydroxyl groups excluding tert-OH is 1. The van der Waals surface area contributed by atoms with Crippen LogP contribution in [0.1, 0.15) is 67.4 Å². The molecule has 46 heavy (non-hydrogen) atoms. The average molecular weight is 648 g/mol. The second kappa shape index (κ2) is 22.7. The average Bonchev–Trinajstić information content (AvgIpc) is 3.68. The maximum absolute atomic E-state index is 11.0. The van der Waals surface area contributed by atoms with Gasteiger partial charge in [-0.3, -0.25) is 4.79 Å². The number of H-pyrrole nitrogens is 1. The normalized spacial score (nSPS) is 12.4. The molecule has 5 rings (SSSR count). The van der Waals surface area contributed by atoms with Gasteiger partial charge in [-0.2, -0.15) is 0 Å². The van der Waals surface area contributed by atoms with Crippen molar-refractivity contribution in [3.8, 4) is 28.3 Å². The number of aromatic hydroxyl groups is 1. The molecule has 1 fully saturated rings. The first-order valence-corrected chi connectivity index (χ1v) is 18.1. The molecule has 0 aliphatic carbocycles. The van der Waals surface area contributed by atoms with Gasteiger partial charge in [0.2, 0.25) is 0 Å². The minimum absolute atomic E-state index is 0.0191. The number of carbonyl (C=O) groups is 1. The molecule has 1 aliphatic heterocycles. The fourth-order valence-electron chi connectivity index (χ4n) is 4.53. The fraction of sp³-hybridized carbons (Fsp3) is 0.359. The summed E-state index contributed by atoms with van der Waals surface area (Å²) < 4.78 is 11.1. The molecule has 4 aromatic rings. The monoisotopic (exact) mass is 647 g/mol. The van der Waals surface area contributed by atoms with E-state index in [2.05, 4.69) is 31.8 Å². The molecule has 2 aromatic carbocycles. The highest BCUT2D eigenvalue weighted by Gasteiger charge is 2.11. The highest BCUT2D eigenvalue weighted by atomic mass is 31.1. The number of carbonyl (C=O) groups excluding carboxylic acids is 1. The molecule has 0 spiro atoms. The number of aliphatic hydroxyl groups is 1. The molecule has 7 heteroatoms. The predicted molar refractivity (Wildman–Crippen MR) is 198 cm³/mol. The zero-order chi connectivity index (χ0) is 34.5. The summed E-state index contributed by atoms with van der Waals surface area (Å²) in [5, 5.41) is 17.3. The third kappa shape index (κ3) is 13.3. The minimum Gasteiger partial charge on any atom is -0.508 e. The Morgan fingerprint density at radius 1 is 0.935 bits per heavy atom. The second-order valence-corrected chi connectivity index (χ2v) is 12.9. The van der Waals surface area contributed by atoms with Crippen molar-refractivity contribution in [3.05, 3.63) is 102 Å². The first-order valence-electron chi connectivity index (χ1n) is 15.9. The van der Waals surface area contributed by atoms with E-state index >= 15 is 0 Å². The van der Waals surface area contributed by atoms with Crippen LogP contribution in [0.3, 0.4) is 0 Å². The van der Waals surface area contributed by atoms with Gasteiger partial charge in [-0.15, -0.1) is 0 Å². The topological polar surface area (TPSA) is 95.7 Å². The van der Waals surface area contributed by atoms with Gasteiger partial charge in [0.05, 0.1) is 5.69 Å². The summed E-state index contributed by atoms with van der Waals surface area (Å²) in [6.45, 7) is 20.3.